The SMILES string of the molecule is CC[C@H](C)[C@H](NC(=O)OC)C(=O)N1CCC[C@H]1C1=NC=C(c2ccc3cc(-c4ccc5nc([C@@H]6CCCN6)[nH]c5c4)ccc3c2)C1.CC[C@H](C)[C@H](NC(=O)OC)C(=O)N1CCC[C@H]1C1=NC=C(c2ccc3cc(-c4ccc5nc([C@@H]6CCCN6C(=O)OC(C)(C)C)[nH]c5c4)ccc3c2)C1.Cl. The zero-order valence-electron chi connectivity index (χ0n) is 58.8. The van der Waals surface area contributed by atoms with Crippen molar-refractivity contribution in [1.82, 2.24) is 50.6 Å². The van der Waals surface area contributed by atoms with Crippen LogP contribution in [0.1, 0.15) is 160 Å². The van der Waals surface area contributed by atoms with Crippen LogP contribution >= 0.6 is 12.4 Å². The first-order chi connectivity index (χ1) is 47.8. The number of hydrogen-bond donors (Lipinski definition) is 5. The predicted octanol–water partition coefficient (Wildman–Crippen LogP) is 15.6. The van der Waals surface area contributed by atoms with E-state index in [2.05, 4.69) is 129 Å². The lowest BCUT2D eigenvalue weighted by atomic mass is 9.94. The number of ether oxygens (including phenoxy) is 3. The monoisotopic (exact) mass is 1370 g/mol. The lowest BCUT2D eigenvalue weighted by Crippen LogP contribution is -2.54. The molecule has 0 aliphatic carbocycles. The van der Waals surface area contributed by atoms with Crippen molar-refractivity contribution < 1.29 is 38.2 Å². The van der Waals surface area contributed by atoms with Crippen molar-refractivity contribution >= 4 is 109 Å². The molecule has 14 rings (SSSR count). The van der Waals surface area contributed by atoms with Crippen LogP contribution < -0.4 is 16.0 Å². The Morgan fingerprint density at radius 1 is 0.530 bits per heavy atom. The van der Waals surface area contributed by atoms with Crippen LogP contribution in [0.5, 0.6) is 0 Å². The third kappa shape index (κ3) is 15.0. The zero-order valence-corrected chi connectivity index (χ0v) is 59.6. The number of imidazole rings is 2. The van der Waals surface area contributed by atoms with Crippen molar-refractivity contribution in [2.75, 3.05) is 40.4 Å². The molecule has 0 saturated carbocycles. The number of nitrogens with one attached hydrogen (secondary N) is 5. The number of benzene rings is 6. The minimum Gasteiger partial charge on any atom is -0.453 e. The number of methoxy groups -OCH3 is 2. The van der Waals surface area contributed by atoms with E-state index in [0.29, 0.717) is 38.5 Å². The van der Waals surface area contributed by atoms with Gasteiger partial charge in [-0.25, -0.2) is 24.4 Å². The summed E-state index contributed by atoms with van der Waals surface area (Å²) in [6.07, 6.45) is 13.0. The number of halogens is 1. The molecule has 4 saturated heterocycles. The Bertz CT molecular complexity index is 4540. The van der Waals surface area contributed by atoms with Crippen molar-refractivity contribution in [2.45, 2.75) is 167 Å². The van der Waals surface area contributed by atoms with Crippen molar-refractivity contribution in [3.8, 4) is 22.3 Å². The summed E-state index contributed by atoms with van der Waals surface area (Å²) in [6, 6.07) is 37.8. The maximum atomic E-state index is 13.7. The maximum absolute atomic E-state index is 13.7. The van der Waals surface area contributed by atoms with Gasteiger partial charge >= 0.3 is 18.3 Å². The molecule has 5 N–H and O–H groups in total. The molecular formula is C79H93ClN12O8. The molecule has 100 heavy (non-hydrogen) atoms. The molecule has 6 aliphatic rings. The number of hydrogen-bond acceptors (Lipinski definition) is 13. The third-order valence-electron chi connectivity index (χ3n) is 20.9. The van der Waals surface area contributed by atoms with Crippen LogP contribution in [0.25, 0.3) is 77.0 Å². The summed E-state index contributed by atoms with van der Waals surface area (Å²) < 4.78 is 15.3. The van der Waals surface area contributed by atoms with Crippen molar-refractivity contribution in [1.29, 1.82) is 0 Å². The molecule has 20 nitrogen and oxygen atoms in total. The number of carbonyl (C=O) groups excluding carboxylic acids is 5. The highest BCUT2D eigenvalue weighted by Gasteiger charge is 2.42. The summed E-state index contributed by atoms with van der Waals surface area (Å²) >= 11 is 0. The lowest BCUT2D eigenvalue weighted by molar-refractivity contribution is -0.135. The van der Waals surface area contributed by atoms with Gasteiger partial charge in [-0.2, -0.15) is 0 Å². The highest BCUT2D eigenvalue weighted by molar-refractivity contribution is 6.06. The highest BCUT2D eigenvalue weighted by atomic mass is 35.5. The molecule has 0 radical (unpaired) electrons. The second-order valence-electron chi connectivity index (χ2n) is 28.5. The maximum Gasteiger partial charge on any atom is 0.410 e. The summed E-state index contributed by atoms with van der Waals surface area (Å²) in [5, 5.41) is 13.7. The Hall–Kier alpha value is -9.40. The van der Waals surface area contributed by atoms with E-state index in [0.717, 1.165) is 159 Å². The number of aromatic amines is 2. The van der Waals surface area contributed by atoms with Gasteiger partial charge in [0.2, 0.25) is 11.8 Å². The average molecular weight is 1370 g/mol. The van der Waals surface area contributed by atoms with E-state index in [4.69, 9.17) is 34.2 Å². The van der Waals surface area contributed by atoms with Gasteiger partial charge in [-0.3, -0.25) is 24.5 Å². The number of fused-ring (bicyclic) bond motifs is 4. The van der Waals surface area contributed by atoms with Crippen LogP contribution in [0.3, 0.4) is 0 Å². The minimum atomic E-state index is -0.638. The van der Waals surface area contributed by atoms with Gasteiger partial charge in [0.1, 0.15) is 29.3 Å². The van der Waals surface area contributed by atoms with Gasteiger partial charge < -0.3 is 49.9 Å². The molecule has 0 unspecified atom stereocenters. The van der Waals surface area contributed by atoms with Crippen LogP contribution in [-0.4, -0.2) is 146 Å². The van der Waals surface area contributed by atoms with Gasteiger partial charge in [0, 0.05) is 56.3 Å². The standard InChI is InChI=1S/C42H50N6O5.C37H42N6O3.ClH/c1-7-25(2)37(46-40(50)52-6)39(49)47-18-8-10-35(47)34-23-31(24-43-34)29-15-14-26-20-28(13-12-27(26)21-29)30-16-17-32-33(22-30)45-38(44-32)36-11-9-19-48(36)41(51)53-42(3,4)5;1-4-22(2)34(42-37(45)46-3)36(44)43-16-6-8-33(43)32-20-28(21-39-32)26-12-11-23-17-25(10-9-24(23)18-26)27-13-14-29-31(19-27)41-35(40-29)30-7-5-15-38-30;/h12-17,20-22,24-25,35-37H,7-11,18-19,23H2,1-6H3,(H,44,45)(H,46,50);9-14,17-19,21-22,30,33-34,38H,4-8,15-16,20H2,1-3H3,(H,40,41)(H,42,45);1H/t25-,35-,36-,37-;22-,30-,33-,34-;/m00./s1. The van der Waals surface area contributed by atoms with Crippen molar-refractivity contribution in [3.63, 3.8) is 0 Å². The number of rotatable bonds is 16. The molecule has 21 heteroatoms. The Morgan fingerprint density at radius 3 is 1.38 bits per heavy atom. The molecule has 8 atom stereocenters. The lowest BCUT2D eigenvalue weighted by Gasteiger charge is -2.31. The Kier molecular flexibility index (Phi) is 21.3. The van der Waals surface area contributed by atoms with E-state index in [1.165, 1.54) is 37.0 Å². The molecular weight excluding hydrogens is 1280 g/mol. The summed E-state index contributed by atoms with van der Waals surface area (Å²) in [7, 11) is 2.64. The summed E-state index contributed by atoms with van der Waals surface area (Å²) in [5.74, 6) is 1.65. The average Bonchev–Trinajstić information content (AvgIpc) is 1.50. The topological polar surface area (TPSA) is 241 Å². The number of likely N-dealkylation sites (tertiary alicyclic amines) is 3. The number of H-pyrrole nitrogens is 2. The number of aromatic nitrogens is 4. The molecule has 6 aromatic carbocycles. The van der Waals surface area contributed by atoms with E-state index < -0.39 is 29.9 Å². The first-order valence-corrected chi connectivity index (χ1v) is 35.5. The van der Waals surface area contributed by atoms with Gasteiger partial charge in [0.05, 0.1) is 60.5 Å². The first-order valence-electron chi connectivity index (χ1n) is 35.5. The Morgan fingerprint density at radius 2 is 0.940 bits per heavy atom. The fourth-order valence-corrected chi connectivity index (χ4v) is 15.0. The minimum absolute atomic E-state index is 0. The number of allylic oxidation sites excluding steroid dienone is 2. The largest absolute Gasteiger partial charge is 0.453 e. The second-order valence-corrected chi connectivity index (χ2v) is 28.5. The molecule has 2 aromatic heterocycles. The molecule has 5 amide bonds. The van der Waals surface area contributed by atoms with Crippen molar-refractivity contribution in [3.05, 3.63) is 144 Å². The van der Waals surface area contributed by atoms with Crippen LogP contribution in [-0.2, 0) is 23.8 Å². The number of alkyl carbamates (subject to hydrolysis) is 2. The molecule has 0 bridgehead atoms. The van der Waals surface area contributed by atoms with E-state index in [9.17, 15) is 24.0 Å². The van der Waals surface area contributed by atoms with E-state index in [-0.39, 0.29) is 60.3 Å². The molecule has 8 heterocycles. The fourth-order valence-electron chi connectivity index (χ4n) is 15.0. The molecule has 524 valence electrons. The fraction of sp³-hybridized carbons (Fsp3) is 0.430. The smallest absolute Gasteiger partial charge is 0.410 e. The van der Waals surface area contributed by atoms with Crippen LogP contribution in [0.2, 0.25) is 0 Å². The quantitative estimate of drug-likeness (QED) is 0.0570. The summed E-state index contributed by atoms with van der Waals surface area (Å²) in [6.45, 7) is 16.7. The third-order valence-corrected chi connectivity index (χ3v) is 20.9. The van der Waals surface area contributed by atoms with Crippen LogP contribution in [0.15, 0.2) is 132 Å². The summed E-state index contributed by atoms with van der Waals surface area (Å²) in [4.78, 5) is 96.5. The van der Waals surface area contributed by atoms with E-state index in [1.807, 2.05) is 76.7 Å². The van der Waals surface area contributed by atoms with E-state index >= 15 is 0 Å². The Labute approximate surface area is 590 Å². The Balaban J connectivity index is 0.000000189. The molecule has 6 aliphatic heterocycles. The van der Waals surface area contributed by atoms with Gasteiger partial charge in [0.25, 0.3) is 0 Å². The number of aliphatic imine (C=N–C) groups is 2. The van der Waals surface area contributed by atoms with Gasteiger partial charge in [-0.1, -0.05) is 101 Å². The first kappa shape index (κ1) is 70.5. The van der Waals surface area contributed by atoms with Gasteiger partial charge in [0.15, 0.2) is 0 Å². The van der Waals surface area contributed by atoms with Crippen LogP contribution in [0.4, 0.5) is 14.4 Å². The normalized spacial score (nSPS) is 20.3. The molecule has 4 fully saturated rings. The predicted molar refractivity (Wildman–Crippen MR) is 397 cm³/mol. The van der Waals surface area contributed by atoms with E-state index in [1.54, 1.807) is 4.90 Å². The number of nitrogens with zero attached hydrogens (tertiary/aromatic N) is 7. The number of carbonyl (C=O) groups is 5. The summed E-state index contributed by atoms with van der Waals surface area (Å²) in [5.41, 5.74) is 14.4. The zero-order chi connectivity index (χ0) is 69.2. The van der Waals surface area contributed by atoms with Gasteiger partial charge in [-0.15, -0.1) is 12.4 Å². The van der Waals surface area contributed by atoms with Crippen molar-refractivity contribution in [2.24, 2.45) is 21.8 Å². The molecule has 0 spiro atoms. The second kappa shape index (κ2) is 30.2. The molecule has 8 aromatic rings. The van der Waals surface area contributed by atoms with Gasteiger partial charge in [-0.05, 0) is 205 Å². The highest BCUT2D eigenvalue weighted by Crippen LogP contribution is 2.39. The van der Waals surface area contributed by atoms with Crippen LogP contribution in [0, 0.1) is 11.8 Å². The number of amides is 5.